The largest absolute Gasteiger partial charge is 0.398 e. The van der Waals surface area contributed by atoms with Crippen molar-refractivity contribution in [2.45, 2.75) is 25.7 Å². The molecule has 5 heteroatoms. The third-order valence-electron chi connectivity index (χ3n) is 3.30. The van der Waals surface area contributed by atoms with Crippen LogP contribution in [0.15, 0.2) is 41.3 Å². The molecule has 0 fully saturated rings. The van der Waals surface area contributed by atoms with Crippen molar-refractivity contribution in [3.8, 4) is 0 Å². The van der Waals surface area contributed by atoms with E-state index in [4.69, 9.17) is 5.73 Å². The summed E-state index contributed by atoms with van der Waals surface area (Å²) in [5.41, 5.74) is 8.99. The number of para-hydroxylation sites is 1. The molecule has 0 spiro atoms. The number of aryl methyl sites for hydroxylation is 2. The Morgan fingerprint density at radius 1 is 0.950 bits per heavy atom. The summed E-state index contributed by atoms with van der Waals surface area (Å²) >= 11 is 0. The summed E-state index contributed by atoms with van der Waals surface area (Å²) in [5, 5.41) is 0. The molecule has 0 aliphatic carbocycles. The average molecular weight is 290 g/mol. The molecule has 2 rings (SSSR count). The van der Waals surface area contributed by atoms with E-state index in [0.717, 1.165) is 5.56 Å². The number of hydrogen-bond acceptors (Lipinski definition) is 3. The highest BCUT2D eigenvalue weighted by molar-refractivity contribution is 7.92. The molecule has 0 aliphatic heterocycles. The second-order valence-corrected chi connectivity index (χ2v) is 6.47. The van der Waals surface area contributed by atoms with E-state index in [1.165, 1.54) is 0 Å². The SMILES string of the molecule is Cc1ccccc1NS(=O)(=O)c1c(C)ccc(N)c1C. The predicted molar refractivity (Wildman–Crippen MR) is 82.3 cm³/mol. The fraction of sp³-hybridized carbons (Fsp3) is 0.200. The first-order valence-electron chi connectivity index (χ1n) is 6.27. The molecule has 0 amide bonds. The summed E-state index contributed by atoms with van der Waals surface area (Å²) < 4.78 is 27.8. The lowest BCUT2D eigenvalue weighted by Gasteiger charge is -2.15. The maximum Gasteiger partial charge on any atom is 0.262 e. The molecule has 0 aromatic heterocycles. The number of nitrogen functional groups attached to an aromatic ring is 1. The molecule has 20 heavy (non-hydrogen) atoms. The molecule has 0 unspecified atom stereocenters. The highest BCUT2D eigenvalue weighted by atomic mass is 32.2. The van der Waals surface area contributed by atoms with Crippen molar-refractivity contribution >= 4 is 21.4 Å². The van der Waals surface area contributed by atoms with Crippen LogP contribution in [0.5, 0.6) is 0 Å². The van der Waals surface area contributed by atoms with Gasteiger partial charge in [-0.2, -0.15) is 0 Å². The normalized spacial score (nSPS) is 11.3. The van der Waals surface area contributed by atoms with Crippen molar-refractivity contribution in [3.05, 3.63) is 53.1 Å². The summed E-state index contributed by atoms with van der Waals surface area (Å²) in [6, 6.07) is 10.7. The fourth-order valence-electron chi connectivity index (χ4n) is 2.14. The number of anilines is 2. The van der Waals surface area contributed by atoms with Crippen LogP contribution in [-0.4, -0.2) is 8.42 Å². The molecule has 106 valence electrons. The Morgan fingerprint density at radius 3 is 2.25 bits per heavy atom. The van der Waals surface area contributed by atoms with Gasteiger partial charge in [-0.3, -0.25) is 4.72 Å². The summed E-state index contributed by atoms with van der Waals surface area (Å²) in [6.45, 7) is 5.34. The fourth-order valence-corrected chi connectivity index (χ4v) is 3.77. The van der Waals surface area contributed by atoms with Crippen LogP contribution in [0, 0.1) is 20.8 Å². The predicted octanol–water partition coefficient (Wildman–Crippen LogP) is 2.99. The van der Waals surface area contributed by atoms with Crippen LogP contribution in [0.3, 0.4) is 0 Å². The lowest BCUT2D eigenvalue weighted by atomic mass is 10.1. The molecule has 3 N–H and O–H groups in total. The topological polar surface area (TPSA) is 72.2 Å². The van der Waals surface area contributed by atoms with Crippen molar-refractivity contribution in [3.63, 3.8) is 0 Å². The zero-order chi connectivity index (χ0) is 14.9. The number of nitrogens with two attached hydrogens (primary N) is 1. The molecular weight excluding hydrogens is 272 g/mol. The van der Waals surface area contributed by atoms with Crippen molar-refractivity contribution in [2.75, 3.05) is 10.5 Å². The van der Waals surface area contributed by atoms with Crippen molar-refractivity contribution in [1.29, 1.82) is 0 Å². The van der Waals surface area contributed by atoms with Gasteiger partial charge in [0.2, 0.25) is 0 Å². The van der Waals surface area contributed by atoms with E-state index in [1.54, 1.807) is 38.1 Å². The summed E-state index contributed by atoms with van der Waals surface area (Å²) in [7, 11) is -3.65. The average Bonchev–Trinajstić information content (AvgIpc) is 2.37. The quantitative estimate of drug-likeness (QED) is 0.854. The van der Waals surface area contributed by atoms with E-state index in [1.807, 2.05) is 19.1 Å². The monoisotopic (exact) mass is 290 g/mol. The Bertz CT molecular complexity index is 752. The van der Waals surface area contributed by atoms with Gasteiger partial charge in [0.25, 0.3) is 10.0 Å². The van der Waals surface area contributed by atoms with Crippen LogP contribution in [-0.2, 0) is 10.0 Å². The van der Waals surface area contributed by atoms with Crippen LogP contribution >= 0.6 is 0 Å². The number of nitrogens with one attached hydrogen (secondary N) is 1. The number of benzene rings is 2. The maximum absolute atomic E-state index is 12.6. The van der Waals surface area contributed by atoms with Gasteiger partial charge in [0.05, 0.1) is 10.6 Å². The van der Waals surface area contributed by atoms with Gasteiger partial charge < -0.3 is 5.73 Å². The lowest BCUT2D eigenvalue weighted by Crippen LogP contribution is -2.17. The van der Waals surface area contributed by atoms with Gasteiger partial charge in [0.1, 0.15) is 0 Å². The molecule has 4 nitrogen and oxygen atoms in total. The van der Waals surface area contributed by atoms with Gasteiger partial charge in [-0.15, -0.1) is 0 Å². The molecule has 0 aliphatic rings. The Balaban J connectivity index is 2.52. The Morgan fingerprint density at radius 2 is 1.60 bits per heavy atom. The molecule has 0 heterocycles. The first-order valence-corrected chi connectivity index (χ1v) is 7.75. The van der Waals surface area contributed by atoms with Crippen LogP contribution in [0.4, 0.5) is 11.4 Å². The summed E-state index contributed by atoms with van der Waals surface area (Å²) in [4.78, 5) is 0.251. The first-order chi connectivity index (χ1) is 9.33. The Hall–Kier alpha value is -2.01. The van der Waals surface area contributed by atoms with Crippen LogP contribution in [0.1, 0.15) is 16.7 Å². The molecule has 2 aromatic rings. The van der Waals surface area contributed by atoms with Crippen molar-refractivity contribution in [2.24, 2.45) is 0 Å². The van der Waals surface area contributed by atoms with Gasteiger partial charge in [-0.25, -0.2) is 8.42 Å². The molecule has 0 saturated carbocycles. The van der Waals surface area contributed by atoms with E-state index in [2.05, 4.69) is 4.72 Å². The minimum Gasteiger partial charge on any atom is -0.398 e. The standard InChI is InChI=1S/C15H18N2O2S/c1-10-6-4-5-7-14(10)17-20(18,19)15-11(2)8-9-13(16)12(15)3/h4-9,17H,16H2,1-3H3. The van der Waals surface area contributed by atoms with E-state index < -0.39 is 10.0 Å². The molecule has 0 bridgehead atoms. The minimum absolute atomic E-state index is 0.251. The second-order valence-electron chi connectivity index (χ2n) is 4.85. The Labute approximate surface area is 119 Å². The van der Waals surface area contributed by atoms with Crippen molar-refractivity contribution < 1.29 is 8.42 Å². The highest BCUT2D eigenvalue weighted by Crippen LogP contribution is 2.27. The summed E-state index contributed by atoms with van der Waals surface area (Å²) in [5.74, 6) is 0. The molecule has 2 aromatic carbocycles. The van der Waals surface area contributed by atoms with Gasteiger partial charge in [0, 0.05) is 5.69 Å². The lowest BCUT2D eigenvalue weighted by molar-refractivity contribution is 0.600. The second kappa shape index (κ2) is 5.17. The first kappa shape index (κ1) is 14.4. The smallest absolute Gasteiger partial charge is 0.262 e. The van der Waals surface area contributed by atoms with E-state index >= 15 is 0 Å². The van der Waals surface area contributed by atoms with Gasteiger partial charge in [-0.05, 0) is 49.6 Å². The van der Waals surface area contributed by atoms with E-state index in [-0.39, 0.29) is 4.90 Å². The number of hydrogen-bond donors (Lipinski definition) is 2. The van der Waals surface area contributed by atoms with Crippen LogP contribution < -0.4 is 10.5 Å². The highest BCUT2D eigenvalue weighted by Gasteiger charge is 2.21. The Kier molecular flexibility index (Phi) is 3.72. The zero-order valence-corrected chi connectivity index (χ0v) is 12.6. The van der Waals surface area contributed by atoms with Crippen LogP contribution in [0.2, 0.25) is 0 Å². The maximum atomic E-state index is 12.6. The molecule has 0 radical (unpaired) electrons. The third-order valence-corrected chi connectivity index (χ3v) is 4.96. The van der Waals surface area contributed by atoms with Gasteiger partial charge in [-0.1, -0.05) is 24.3 Å². The van der Waals surface area contributed by atoms with Gasteiger partial charge in [0.15, 0.2) is 0 Å². The number of rotatable bonds is 3. The molecular formula is C15H18N2O2S. The molecule has 0 atom stereocenters. The third kappa shape index (κ3) is 2.63. The number of sulfonamides is 1. The van der Waals surface area contributed by atoms with Crippen molar-refractivity contribution in [1.82, 2.24) is 0 Å². The van der Waals surface area contributed by atoms with E-state index in [9.17, 15) is 8.42 Å². The summed E-state index contributed by atoms with van der Waals surface area (Å²) in [6.07, 6.45) is 0. The van der Waals surface area contributed by atoms with E-state index in [0.29, 0.717) is 22.5 Å². The van der Waals surface area contributed by atoms with Crippen LogP contribution in [0.25, 0.3) is 0 Å². The van der Waals surface area contributed by atoms with Gasteiger partial charge >= 0.3 is 0 Å². The molecule has 0 saturated heterocycles. The minimum atomic E-state index is -3.65. The zero-order valence-electron chi connectivity index (χ0n) is 11.8.